The van der Waals surface area contributed by atoms with Gasteiger partial charge in [-0.15, -0.1) is 0 Å². The summed E-state index contributed by atoms with van der Waals surface area (Å²) in [6.45, 7) is -2.03. The van der Waals surface area contributed by atoms with Gasteiger partial charge in [-0.2, -0.15) is 13.2 Å². The summed E-state index contributed by atoms with van der Waals surface area (Å²) in [6, 6.07) is 3.56. The minimum Gasteiger partial charge on any atom is -0.478 e. The fourth-order valence-electron chi connectivity index (χ4n) is 1.56. The first-order valence-corrected chi connectivity index (χ1v) is 5.30. The Morgan fingerprint density at radius 2 is 2.00 bits per heavy atom. The quantitative estimate of drug-likeness (QED) is 0.707. The number of benzene rings is 1. The largest absolute Gasteiger partial charge is 0.478 e. The van der Waals surface area contributed by atoms with Crippen molar-refractivity contribution in [2.45, 2.75) is 6.18 Å². The number of aliphatic hydroxyl groups is 1. The van der Waals surface area contributed by atoms with Gasteiger partial charge in [0.05, 0.1) is 12.2 Å². The summed E-state index contributed by atoms with van der Waals surface area (Å²) in [5.74, 6) is -1.32. The summed E-state index contributed by atoms with van der Waals surface area (Å²) in [7, 11) is 0. The Hall–Kier alpha value is -1.96. The Labute approximate surface area is 107 Å². The van der Waals surface area contributed by atoms with Crippen molar-refractivity contribution in [2.24, 2.45) is 0 Å². The fourth-order valence-corrected chi connectivity index (χ4v) is 1.56. The SMILES string of the molecule is Nc1ccc(N(CCO)CC(F)(F)F)cc1C(=O)O. The number of aliphatic hydroxyl groups excluding tert-OH is 1. The zero-order valence-electron chi connectivity index (χ0n) is 9.81. The molecule has 0 heterocycles. The molecule has 0 saturated carbocycles. The van der Waals surface area contributed by atoms with Gasteiger partial charge in [0.15, 0.2) is 0 Å². The van der Waals surface area contributed by atoms with E-state index in [-0.39, 0.29) is 23.5 Å². The molecule has 0 aromatic heterocycles. The maximum Gasteiger partial charge on any atom is 0.405 e. The standard InChI is InChI=1S/C11H13F3N2O3/c12-11(13,14)6-16(3-4-17)7-1-2-9(15)8(5-7)10(18)19/h1-2,5,17H,3-4,6,15H2,(H,18,19). The van der Waals surface area contributed by atoms with Crippen molar-refractivity contribution in [3.63, 3.8) is 0 Å². The van der Waals surface area contributed by atoms with Crippen LogP contribution >= 0.6 is 0 Å². The molecule has 8 heteroatoms. The molecule has 0 amide bonds. The van der Waals surface area contributed by atoms with E-state index in [2.05, 4.69) is 0 Å². The molecule has 0 radical (unpaired) electrons. The van der Waals surface area contributed by atoms with Crippen LogP contribution in [-0.4, -0.2) is 42.1 Å². The van der Waals surface area contributed by atoms with Crippen molar-refractivity contribution in [1.29, 1.82) is 0 Å². The lowest BCUT2D eigenvalue weighted by molar-refractivity contribution is -0.119. The average Bonchev–Trinajstić information content (AvgIpc) is 2.27. The molecule has 0 fully saturated rings. The second kappa shape index (κ2) is 5.79. The number of alkyl halides is 3. The third-order valence-corrected chi connectivity index (χ3v) is 2.37. The predicted molar refractivity (Wildman–Crippen MR) is 63.2 cm³/mol. The third kappa shape index (κ3) is 4.32. The first-order chi connectivity index (χ1) is 8.74. The second-order valence-electron chi connectivity index (χ2n) is 3.84. The highest BCUT2D eigenvalue weighted by Gasteiger charge is 2.31. The van der Waals surface area contributed by atoms with E-state index < -0.39 is 25.3 Å². The second-order valence-corrected chi connectivity index (χ2v) is 3.84. The first kappa shape index (κ1) is 15.1. The number of aromatic carboxylic acids is 1. The lowest BCUT2D eigenvalue weighted by Crippen LogP contribution is -2.36. The van der Waals surface area contributed by atoms with E-state index in [9.17, 15) is 18.0 Å². The van der Waals surface area contributed by atoms with Crippen molar-refractivity contribution < 1.29 is 28.2 Å². The number of hydrogen-bond donors (Lipinski definition) is 3. The van der Waals surface area contributed by atoms with Gasteiger partial charge < -0.3 is 20.8 Å². The number of rotatable bonds is 5. The first-order valence-electron chi connectivity index (χ1n) is 5.30. The molecule has 0 atom stereocenters. The smallest absolute Gasteiger partial charge is 0.405 e. The number of anilines is 2. The van der Waals surface area contributed by atoms with E-state index in [4.69, 9.17) is 15.9 Å². The Kier molecular flexibility index (Phi) is 4.60. The summed E-state index contributed by atoms with van der Waals surface area (Å²) in [6.07, 6.45) is -4.46. The molecule has 106 valence electrons. The van der Waals surface area contributed by atoms with E-state index in [0.29, 0.717) is 0 Å². The minimum atomic E-state index is -4.46. The molecule has 4 N–H and O–H groups in total. The predicted octanol–water partition coefficient (Wildman–Crippen LogP) is 1.33. The zero-order valence-corrected chi connectivity index (χ0v) is 9.81. The van der Waals surface area contributed by atoms with Crippen LogP contribution < -0.4 is 10.6 Å². The molecule has 0 aliphatic heterocycles. The third-order valence-electron chi connectivity index (χ3n) is 2.37. The summed E-state index contributed by atoms with van der Waals surface area (Å²) >= 11 is 0. The number of nitrogens with two attached hydrogens (primary N) is 1. The van der Waals surface area contributed by atoms with Crippen molar-refractivity contribution in [3.05, 3.63) is 23.8 Å². The van der Waals surface area contributed by atoms with Crippen molar-refractivity contribution >= 4 is 17.3 Å². The molecule has 0 bridgehead atoms. The highest BCUT2D eigenvalue weighted by molar-refractivity contribution is 5.94. The zero-order chi connectivity index (χ0) is 14.6. The molecule has 1 aromatic rings. The van der Waals surface area contributed by atoms with Crippen LogP contribution in [0.2, 0.25) is 0 Å². The molecule has 0 spiro atoms. The maximum atomic E-state index is 12.4. The number of carbonyl (C=O) groups is 1. The van der Waals surface area contributed by atoms with Gasteiger partial charge in [0.2, 0.25) is 0 Å². The van der Waals surface area contributed by atoms with E-state index in [0.717, 1.165) is 11.0 Å². The van der Waals surface area contributed by atoms with E-state index >= 15 is 0 Å². The number of nitrogen functional groups attached to an aromatic ring is 1. The van der Waals surface area contributed by atoms with Gasteiger partial charge in [0.1, 0.15) is 6.54 Å². The Balaban J connectivity index is 3.09. The Bertz CT molecular complexity index is 463. The monoisotopic (exact) mass is 278 g/mol. The topological polar surface area (TPSA) is 86.8 Å². The molecule has 1 aromatic carbocycles. The molecule has 0 aliphatic rings. The average molecular weight is 278 g/mol. The highest BCUT2D eigenvalue weighted by Crippen LogP contribution is 2.25. The van der Waals surface area contributed by atoms with Crippen molar-refractivity contribution in [1.82, 2.24) is 0 Å². The molecule has 19 heavy (non-hydrogen) atoms. The van der Waals surface area contributed by atoms with E-state index in [1.54, 1.807) is 0 Å². The van der Waals surface area contributed by atoms with Crippen LogP contribution in [-0.2, 0) is 0 Å². The molecular formula is C11H13F3N2O3. The van der Waals surface area contributed by atoms with Gasteiger partial charge in [0.25, 0.3) is 0 Å². The van der Waals surface area contributed by atoms with Gasteiger partial charge in [-0.3, -0.25) is 0 Å². The molecular weight excluding hydrogens is 265 g/mol. The molecule has 5 nitrogen and oxygen atoms in total. The molecule has 0 saturated heterocycles. The van der Waals surface area contributed by atoms with Gasteiger partial charge in [-0.25, -0.2) is 4.79 Å². The van der Waals surface area contributed by atoms with Crippen LogP contribution in [0.5, 0.6) is 0 Å². The van der Waals surface area contributed by atoms with Crippen LogP contribution in [0.3, 0.4) is 0 Å². The summed E-state index contributed by atoms with van der Waals surface area (Å²) in [4.78, 5) is 11.7. The Morgan fingerprint density at radius 3 is 2.47 bits per heavy atom. The van der Waals surface area contributed by atoms with Crippen LogP contribution in [0.1, 0.15) is 10.4 Å². The number of hydrogen-bond acceptors (Lipinski definition) is 4. The highest BCUT2D eigenvalue weighted by atomic mass is 19.4. The fraction of sp³-hybridized carbons (Fsp3) is 0.364. The van der Waals surface area contributed by atoms with Gasteiger partial charge >= 0.3 is 12.1 Å². The molecule has 0 unspecified atom stereocenters. The van der Waals surface area contributed by atoms with Crippen LogP contribution in [0, 0.1) is 0 Å². The number of nitrogens with zero attached hydrogens (tertiary/aromatic N) is 1. The van der Waals surface area contributed by atoms with Gasteiger partial charge in [0, 0.05) is 17.9 Å². The summed E-state index contributed by atoms with van der Waals surface area (Å²) < 4.78 is 37.2. The van der Waals surface area contributed by atoms with Gasteiger partial charge in [-0.05, 0) is 18.2 Å². The molecule has 1 rings (SSSR count). The van der Waals surface area contributed by atoms with Crippen molar-refractivity contribution in [3.8, 4) is 0 Å². The summed E-state index contributed by atoms with van der Waals surface area (Å²) in [5.41, 5.74) is 5.15. The summed E-state index contributed by atoms with van der Waals surface area (Å²) in [5, 5.41) is 17.6. The number of carboxylic acid groups (broad SMARTS) is 1. The number of halogens is 3. The molecule has 0 aliphatic carbocycles. The van der Waals surface area contributed by atoms with E-state index in [1.165, 1.54) is 12.1 Å². The lowest BCUT2D eigenvalue weighted by atomic mass is 10.1. The lowest BCUT2D eigenvalue weighted by Gasteiger charge is -2.25. The van der Waals surface area contributed by atoms with Crippen LogP contribution in [0.4, 0.5) is 24.5 Å². The minimum absolute atomic E-state index is 0.0350. The van der Waals surface area contributed by atoms with E-state index in [1.807, 2.05) is 0 Å². The maximum absolute atomic E-state index is 12.4. The van der Waals surface area contributed by atoms with Crippen LogP contribution in [0.15, 0.2) is 18.2 Å². The van der Waals surface area contributed by atoms with Crippen LogP contribution in [0.25, 0.3) is 0 Å². The van der Waals surface area contributed by atoms with Crippen molar-refractivity contribution in [2.75, 3.05) is 30.3 Å². The normalized spacial score (nSPS) is 11.4. The van der Waals surface area contributed by atoms with Gasteiger partial charge in [-0.1, -0.05) is 0 Å². The number of carboxylic acids is 1. The Morgan fingerprint density at radius 1 is 1.37 bits per heavy atom.